The van der Waals surface area contributed by atoms with Crippen molar-refractivity contribution in [3.05, 3.63) is 0 Å². The molecule has 1 aliphatic rings. The standard InChI is InChI=1S/C10H16N2O4S/c1-15-9(13)7(10(14)16-2)4-5-8-12-11-6-17(8)3/h6-7,17H,4-5H2,1-3H3. The molecule has 1 heterocycles. The molecule has 1 atom stereocenters. The van der Waals surface area contributed by atoms with Gasteiger partial charge in [-0.3, -0.25) is 9.59 Å². The third kappa shape index (κ3) is 3.55. The molecule has 0 aromatic rings. The number of rotatable bonds is 5. The fourth-order valence-corrected chi connectivity index (χ4v) is 2.44. The molecule has 1 aliphatic heterocycles. The molecule has 0 N–H and O–H groups in total. The molecule has 0 saturated carbocycles. The van der Waals surface area contributed by atoms with Gasteiger partial charge in [-0.05, 0) is 19.1 Å². The summed E-state index contributed by atoms with van der Waals surface area (Å²) < 4.78 is 9.14. The highest BCUT2D eigenvalue weighted by Crippen LogP contribution is 2.28. The first-order chi connectivity index (χ1) is 8.10. The second kappa shape index (κ2) is 6.39. The lowest BCUT2D eigenvalue weighted by atomic mass is 10.0. The highest BCUT2D eigenvalue weighted by Gasteiger charge is 2.29. The van der Waals surface area contributed by atoms with E-state index >= 15 is 0 Å². The Morgan fingerprint density at radius 2 is 1.94 bits per heavy atom. The van der Waals surface area contributed by atoms with E-state index in [1.165, 1.54) is 14.2 Å². The molecule has 17 heavy (non-hydrogen) atoms. The Balaban J connectivity index is 2.56. The van der Waals surface area contributed by atoms with Crippen LogP contribution in [-0.2, 0) is 19.1 Å². The third-order valence-electron chi connectivity index (χ3n) is 2.43. The Bertz CT molecular complexity index is 351. The zero-order valence-corrected chi connectivity index (χ0v) is 10.9. The molecule has 0 amide bonds. The Labute approximate surface area is 102 Å². The van der Waals surface area contributed by atoms with Crippen LogP contribution in [0.25, 0.3) is 0 Å². The van der Waals surface area contributed by atoms with Gasteiger partial charge in [0.2, 0.25) is 0 Å². The smallest absolute Gasteiger partial charge is 0.320 e. The SMILES string of the molecule is COC(=O)C(CCC1=NN=C[SH]1C)C(=O)OC. The molecule has 6 nitrogen and oxygen atoms in total. The molecule has 0 aliphatic carbocycles. The lowest BCUT2D eigenvalue weighted by molar-refractivity contribution is -0.158. The summed E-state index contributed by atoms with van der Waals surface area (Å²) in [5.41, 5.74) is 1.79. The minimum Gasteiger partial charge on any atom is -0.468 e. The van der Waals surface area contributed by atoms with Crippen LogP contribution in [0.1, 0.15) is 12.8 Å². The van der Waals surface area contributed by atoms with Crippen molar-refractivity contribution >= 4 is 33.4 Å². The number of esters is 2. The third-order valence-corrected chi connectivity index (χ3v) is 4.01. The summed E-state index contributed by atoms with van der Waals surface area (Å²) >= 11 is 0. The summed E-state index contributed by atoms with van der Waals surface area (Å²) in [6.07, 6.45) is 2.92. The Morgan fingerprint density at radius 3 is 2.35 bits per heavy atom. The monoisotopic (exact) mass is 260 g/mol. The topological polar surface area (TPSA) is 77.3 Å². The van der Waals surface area contributed by atoms with E-state index in [1.807, 2.05) is 6.26 Å². The van der Waals surface area contributed by atoms with Gasteiger partial charge in [0, 0.05) is 0 Å². The summed E-state index contributed by atoms with van der Waals surface area (Å²) in [7, 11) is 2.05. The van der Waals surface area contributed by atoms with E-state index in [0.717, 1.165) is 5.04 Å². The molecule has 0 bridgehead atoms. The predicted molar refractivity (Wildman–Crippen MR) is 67.6 cm³/mol. The van der Waals surface area contributed by atoms with Crippen molar-refractivity contribution in [2.75, 3.05) is 20.5 Å². The van der Waals surface area contributed by atoms with Crippen molar-refractivity contribution in [3.63, 3.8) is 0 Å². The highest BCUT2D eigenvalue weighted by atomic mass is 32.2. The van der Waals surface area contributed by atoms with Crippen molar-refractivity contribution in [3.8, 4) is 0 Å². The average Bonchev–Trinajstić information content (AvgIpc) is 2.74. The van der Waals surface area contributed by atoms with Crippen LogP contribution in [0, 0.1) is 5.92 Å². The minimum absolute atomic E-state index is 0.341. The van der Waals surface area contributed by atoms with Crippen LogP contribution >= 0.6 is 10.9 Å². The van der Waals surface area contributed by atoms with Crippen LogP contribution in [0.5, 0.6) is 0 Å². The zero-order valence-electron chi connectivity index (χ0n) is 10.0. The van der Waals surface area contributed by atoms with E-state index in [2.05, 4.69) is 19.7 Å². The molecule has 1 rings (SSSR count). The fraction of sp³-hybridized carbons (Fsp3) is 0.600. The van der Waals surface area contributed by atoms with Crippen molar-refractivity contribution in [2.24, 2.45) is 16.1 Å². The molecule has 0 fully saturated rings. The summed E-state index contributed by atoms with van der Waals surface area (Å²) in [6, 6.07) is 0. The van der Waals surface area contributed by atoms with Crippen LogP contribution in [0.2, 0.25) is 0 Å². The Kier molecular flexibility index (Phi) is 5.14. The minimum atomic E-state index is -0.878. The molecule has 7 heteroatoms. The Hall–Kier alpha value is -1.37. The van der Waals surface area contributed by atoms with Crippen LogP contribution in [0.15, 0.2) is 10.2 Å². The summed E-state index contributed by atoms with van der Waals surface area (Å²) in [5.74, 6) is -2.02. The number of carbonyl (C=O) groups excluding carboxylic acids is 2. The molecule has 0 aromatic carbocycles. The van der Waals surface area contributed by atoms with Crippen LogP contribution in [0.4, 0.5) is 0 Å². The maximum absolute atomic E-state index is 11.4. The quantitative estimate of drug-likeness (QED) is 0.449. The van der Waals surface area contributed by atoms with Crippen molar-refractivity contribution in [1.29, 1.82) is 0 Å². The number of hydrogen-bond donors (Lipinski definition) is 1. The average molecular weight is 260 g/mol. The van der Waals surface area contributed by atoms with Gasteiger partial charge in [0.05, 0.1) is 24.8 Å². The van der Waals surface area contributed by atoms with Crippen molar-refractivity contribution < 1.29 is 19.1 Å². The summed E-state index contributed by atoms with van der Waals surface area (Å²) in [5, 5.41) is 8.71. The van der Waals surface area contributed by atoms with Crippen molar-refractivity contribution in [1.82, 2.24) is 0 Å². The molecular weight excluding hydrogens is 244 g/mol. The van der Waals surface area contributed by atoms with Gasteiger partial charge in [-0.15, -0.1) is 5.10 Å². The maximum atomic E-state index is 11.4. The van der Waals surface area contributed by atoms with E-state index < -0.39 is 28.8 Å². The first-order valence-electron chi connectivity index (χ1n) is 5.08. The van der Waals surface area contributed by atoms with Gasteiger partial charge >= 0.3 is 11.9 Å². The van der Waals surface area contributed by atoms with Crippen LogP contribution in [-0.4, -0.2) is 43.0 Å². The van der Waals surface area contributed by atoms with E-state index in [9.17, 15) is 9.59 Å². The second-order valence-electron chi connectivity index (χ2n) is 3.50. The van der Waals surface area contributed by atoms with Gasteiger partial charge in [0.15, 0.2) is 5.92 Å². The Morgan fingerprint density at radius 1 is 1.35 bits per heavy atom. The molecule has 0 radical (unpaired) electrons. The van der Waals surface area contributed by atoms with Crippen LogP contribution in [0.3, 0.4) is 0 Å². The van der Waals surface area contributed by atoms with E-state index in [4.69, 9.17) is 0 Å². The molecule has 0 saturated heterocycles. The summed E-state index contributed by atoms with van der Waals surface area (Å²) in [4.78, 5) is 22.8. The molecule has 0 spiro atoms. The lowest BCUT2D eigenvalue weighted by Crippen LogP contribution is -2.27. The van der Waals surface area contributed by atoms with E-state index in [1.54, 1.807) is 5.55 Å². The van der Waals surface area contributed by atoms with E-state index in [-0.39, 0.29) is 0 Å². The number of nitrogens with zero attached hydrogens (tertiary/aromatic N) is 2. The maximum Gasteiger partial charge on any atom is 0.320 e. The van der Waals surface area contributed by atoms with Crippen LogP contribution < -0.4 is 0 Å². The second-order valence-corrected chi connectivity index (χ2v) is 5.46. The molecule has 96 valence electrons. The van der Waals surface area contributed by atoms with Gasteiger partial charge in [0.25, 0.3) is 0 Å². The molecule has 1 unspecified atom stereocenters. The van der Waals surface area contributed by atoms with Gasteiger partial charge < -0.3 is 9.47 Å². The molecule has 0 aromatic heterocycles. The van der Waals surface area contributed by atoms with Gasteiger partial charge in [-0.2, -0.15) is 16.0 Å². The number of carbonyl (C=O) groups is 2. The highest BCUT2D eigenvalue weighted by molar-refractivity contribution is 8.39. The van der Waals surface area contributed by atoms with Gasteiger partial charge in [-0.25, -0.2) is 0 Å². The number of hydrogen-bond acceptors (Lipinski definition) is 6. The number of thiol groups is 1. The van der Waals surface area contributed by atoms with Crippen molar-refractivity contribution in [2.45, 2.75) is 12.8 Å². The lowest BCUT2D eigenvalue weighted by Gasteiger charge is -2.13. The summed E-state index contributed by atoms with van der Waals surface area (Å²) in [6.45, 7) is 0. The normalized spacial score (nSPS) is 20.2. The molecular formula is C10H16N2O4S. The zero-order chi connectivity index (χ0) is 12.8. The van der Waals surface area contributed by atoms with E-state index in [0.29, 0.717) is 12.8 Å². The fourth-order valence-electron chi connectivity index (χ4n) is 1.42. The number of ether oxygens (including phenoxy) is 2. The van der Waals surface area contributed by atoms with Gasteiger partial charge in [0.1, 0.15) is 0 Å². The van der Waals surface area contributed by atoms with Gasteiger partial charge in [-0.1, -0.05) is 0 Å². The predicted octanol–water partition coefficient (Wildman–Crippen LogP) is 0.715. The first-order valence-corrected chi connectivity index (χ1v) is 6.94. The largest absolute Gasteiger partial charge is 0.468 e. The first kappa shape index (κ1) is 13.7. The number of methoxy groups -OCH3 is 2.